The van der Waals surface area contributed by atoms with Gasteiger partial charge in [-0.3, -0.25) is 19.7 Å². The van der Waals surface area contributed by atoms with Crippen LogP contribution in [0.15, 0.2) is 78.9 Å². The number of imide groups is 1. The molecule has 4 nitrogen and oxygen atoms in total. The van der Waals surface area contributed by atoms with E-state index in [0.29, 0.717) is 21.2 Å². The first kappa shape index (κ1) is 19.8. The van der Waals surface area contributed by atoms with Crippen molar-refractivity contribution in [2.24, 2.45) is 0 Å². The minimum absolute atomic E-state index is 0.267. The van der Waals surface area contributed by atoms with Gasteiger partial charge in [-0.05, 0) is 54.1 Å². The second-order valence-electron chi connectivity index (χ2n) is 6.04. The van der Waals surface area contributed by atoms with Crippen molar-refractivity contribution in [3.05, 3.63) is 106 Å². The van der Waals surface area contributed by atoms with Crippen LogP contribution in [0.25, 0.3) is 0 Å². The largest absolute Gasteiger partial charge is 0.293 e. The first-order valence-electron chi connectivity index (χ1n) is 8.41. The summed E-state index contributed by atoms with van der Waals surface area (Å²) < 4.78 is 0. The summed E-state index contributed by atoms with van der Waals surface area (Å²) in [5.74, 6) is -2.90. The number of carbonyl (C=O) groups excluding carboxylic acids is 3. The summed E-state index contributed by atoms with van der Waals surface area (Å²) >= 11 is 11.7. The first-order valence-corrected chi connectivity index (χ1v) is 9.17. The molecule has 0 radical (unpaired) electrons. The Morgan fingerprint density at radius 1 is 0.679 bits per heavy atom. The van der Waals surface area contributed by atoms with Crippen molar-refractivity contribution >= 4 is 40.8 Å². The molecule has 0 aliphatic heterocycles. The van der Waals surface area contributed by atoms with Crippen molar-refractivity contribution in [1.29, 1.82) is 0 Å². The standard InChI is InChI=1S/C22H15Cl2NO3/c23-17-10-6-15(7-11-17)20(26)19(14-4-2-1-3-5-14)22(28)25-21(27)16-8-12-18(24)13-9-16/h1-13,19H,(H,25,27,28). The normalized spacial score (nSPS) is 11.5. The summed E-state index contributed by atoms with van der Waals surface area (Å²) in [6.07, 6.45) is 0. The van der Waals surface area contributed by atoms with Crippen molar-refractivity contribution in [1.82, 2.24) is 5.32 Å². The third kappa shape index (κ3) is 4.66. The van der Waals surface area contributed by atoms with Crippen LogP contribution in [-0.2, 0) is 4.79 Å². The van der Waals surface area contributed by atoms with Crippen LogP contribution in [0, 0.1) is 0 Å². The summed E-state index contributed by atoms with van der Waals surface area (Å²) in [6, 6.07) is 20.9. The van der Waals surface area contributed by atoms with Crippen LogP contribution >= 0.6 is 23.2 Å². The van der Waals surface area contributed by atoms with E-state index in [9.17, 15) is 14.4 Å². The molecular formula is C22H15Cl2NO3. The van der Waals surface area contributed by atoms with Crippen LogP contribution < -0.4 is 5.32 Å². The third-order valence-electron chi connectivity index (χ3n) is 4.13. The number of hydrogen-bond donors (Lipinski definition) is 1. The molecule has 0 aliphatic rings. The number of carbonyl (C=O) groups is 3. The quantitative estimate of drug-likeness (QED) is 0.478. The minimum Gasteiger partial charge on any atom is -0.293 e. The number of Topliss-reactive ketones (excluding diaryl/α,β-unsaturated/α-hetero) is 1. The molecule has 1 unspecified atom stereocenters. The van der Waals surface area contributed by atoms with Crippen LogP contribution in [-0.4, -0.2) is 17.6 Å². The van der Waals surface area contributed by atoms with E-state index >= 15 is 0 Å². The van der Waals surface area contributed by atoms with E-state index in [1.165, 1.54) is 12.1 Å². The van der Waals surface area contributed by atoms with E-state index in [2.05, 4.69) is 5.32 Å². The van der Waals surface area contributed by atoms with Crippen LogP contribution in [0.1, 0.15) is 32.2 Å². The third-order valence-corrected chi connectivity index (χ3v) is 4.63. The molecule has 0 fully saturated rings. The van der Waals surface area contributed by atoms with Gasteiger partial charge in [0.1, 0.15) is 5.92 Å². The maximum atomic E-state index is 13.0. The van der Waals surface area contributed by atoms with Crippen molar-refractivity contribution in [2.45, 2.75) is 5.92 Å². The van der Waals surface area contributed by atoms with Crippen LogP contribution in [0.5, 0.6) is 0 Å². The molecule has 3 rings (SSSR count). The molecule has 0 saturated heterocycles. The molecule has 0 bridgehead atoms. The Hall–Kier alpha value is -2.95. The van der Waals surface area contributed by atoms with Crippen LogP contribution in [0.4, 0.5) is 0 Å². The molecule has 140 valence electrons. The van der Waals surface area contributed by atoms with E-state index in [-0.39, 0.29) is 5.56 Å². The van der Waals surface area contributed by atoms with Gasteiger partial charge < -0.3 is 0 Å². The average Bonchev–Trinajstić information content (AvgIpc) is 2.70. The van der Waals surface area contributed by atoms with Crippen LogP contribution in [0.3, 0.4) is 0 Å². The van der Waals surface area contributed by atoms with Crippen LogP contribution in [0.2, 0.25) is 10.0 Å². The average molecular weight is 412 g/mol. The molecule has 3 aromatic rings. The maximum Gasteiger partial charge on any atom is 0.257 e. The second-order valence-corrected chi connectivity index (χ2v) is 6.91. The Kier molecular flexibility index (Phi) is 6.24. The lowest BCUT2D eigenvalue weighted by Gasteiger charge is -2.16. The summed E-state index contributed by atoms with van der Waals surface area (Å²) in [5.41, 5.74) is 1.08. The zero-order valence-corrected chi connectivity index (χ0v) is 16.1. The zero-order chi connectivity index (χ0) is 20.1. The molecule has 0 spiro atoms. The second kappa shape index (κ2) is 8.83. The van der Waals surface area contributed by atoms with Gasteiger partial charge in [0.15, 0.2) is 5.78 Å². The predicted molar refractivity (Wildman–Crippen MR) is 109 cm³/mol. The fourth-order valence-corrected chi connectivity index (χ4v) is 2.96. The molecule has 1 N–H and O–H groups in total. The Morgan fingerprint density at radius 2 is 1.18 bits per heavy atom. The number of amides is 2. The number of nitrogens with one attached hydrogen (secondary N) is 1. The van der Waals surface area contributed by atoms with Gasteiger partial charge in [-0.1, -0.05) is 53.5 Å². The molecule has 3 aromatic carbocycles. The SMILES string of the molecule is O=C(NC(=O)C(C(=O)c1ccc(Cl)cc1)c1ccccc1)c1ccc(Cl)cc1. The smallest absolute Gasteiger partial charge is 0.257 e. The Bertz CT molecular complexity index is 1000. The monoisotopic (exact) mass is 411 g/mol. The van der Waals surface area contributed by atoms with Gasteiger partial charge in [-0.2, -0.15) is 0 Å². The van der Waals surface area contributed by atoms with Gasteiger partial charge >= 0.3 is 0 Å². The Morgan fingerprint density at radius 3 is 1.71 bits per heavy atom. The summed E-state index contributed by atoms with van der Waals surface area (Å²) in [4.78, 5) is 38.3. The van der Waals surface area contributed by atoms with Gasteiger partial charge in [0.25, 0.3) is 5.91 Å². The van der Waals surface area contributed by atoms with E-state index in [1.54, 1.807) is 66.7 Å². The van der Waals surface area contributed by atoms with Gasteiger partial charge in [0.05, 0.1) is 0 Å². The van der Waals surface area contributed by atoms with Crippen molar-refractivity contribution in [3.63, 3.8) is 0 Å². The lowest BCUT2D eigenvalue weighted by molar-refractivity contribution is -0.120. The highest BCUT2D eigenvalue weighted by molar-refractivity contribution is 6.31. The van der Waals surface area contributed by atoms with Crippen molar-refractivity contribution in [3.8, 4) is 0 Å². The van der Waals surface area contributed by atoms with Crippen molar-refractivity contribution < 1.29 is 14.4 Å². The summed E-state index contributed by atoms with van der Waals surface area (Å²) in [6.45, 7) is 0. The highest BCUT2D eigenvalue weighted by atomic mass is 35.5. The topological polar surface area (TPSA) is 63.2 Å². The summed E-state index contributed by atoms with van der Waals surface area (Å²) in [7, 11) is 0. The molecule has 6 heteroatoms. The number of halogens is 2. The van der Waals surface area contributed by atoms with Gasteiger partial charge in [-0.25, -0.2) is 0 Å². The highest BCUT2D eigenvalue weighted by Gasteiger charge is 2.30. The van der Waals surface area contributed by atoms with E-state index in [4.69, 9.17) is 23.2 Å². The minimum atomic E-state index is -1.17. The summed E-state index contributed by atoms with van der Waals surface area (Å²) in [5, 5.41) is 3.27. The number of ketones is 1. The van der Waals surface area contributed by atoms with E-state index in [1.807, 2.05) is 0 Å². The molecule has 0 saturated carbocycles. The van der Waals surface area contributed by atoms with E-state index in [0.717, 1.165) is 0 Å². The fourth-order valence-electron chi connectivity index (χ4n) is 2.71. The van der Waals surface area contributed by atoms with Gasteiger partial charge in [-0.15, -0.1) is 0 Å². The molecular weight excluding hydrogens is 397 g/mol. The maximum absolute atomic E-state index is 13.0. The molecule has 1 atom stereocenters. The lowest BCUT2D eigenvalue weighted by Crippen LogP contribution is -2.37. The molecule has 0 heterocycles. The zero-order valence-electron chi connectivity index (χ0n) is 14.6. The van der Waals surface area contributed by atoms with E-state index < -0.39 is 23.5 Å². The fraction of sp³-hybridized carbons (Fsp3) is 0.0455. The molecule has 0 aliphatic carbocycles. The van der Waals surface area contributed by atoms with Crippen molar-refractivity contribution in [2.75, 3.05) is 0 Å². The number of hydrogen-bond acceptors (Lipinski definition) is 3. The molecule has 0 aromatic heterocycles. The number of benzene rings is 3. The van der Waals surface area contributed by atoms with Gasteiger partial charge in [0.2, 0.25) is 5.91 Å². The lowest BCUT2D eigenvalue weighted by atomic mass is 9.89. The molecule has 2 amide bonds. The molecule has 28 heavy (non-hydrogen) atoms. The Balaban J connectivity index is 1.89. The first-order chi connectivity index (χ1) is 13.5. The highest BCUT2D eigenvalue weighted by Crippen LogP contribution is 2.23. The Labute approximate surface area is 172 Å². The number of rotatable bonds is 5. The predicted octanol–water partition coefficient (Wildman–Crippen LogP) is 4.92. The van der Waals surface area contributed by atoms with Gasteiger partial charge in [0, 0.05) is 21.2 Å².